The summed E-state index contributed by atoms with van der Waals surface area (Å²) in [6.07, 6.45) is 1.60. The summed E-state index contributed by atoms with van der Waals surface area (Å²) in [6.45, 7) is 8.35. The smallest absolute Gasteiger partial charge is 0.254 e. The van der Waals surface area contributed by atoms with E-state index in [2.05, 4.69) is 12.6 Å². The van der Waals surface area contributed by atoms with E-state index in [1.807, 2.05) is 0 Å². The lowest BCUT2D eigenvalue weighted by atomic mass is 10.1. The number of nitriles is 1. The van der Waals surface area contributed by atoms with Gasteiger partial charge in [0, 0.05) is 31.7 Å². The van der Waals surface area contributed by atoms with Crippen LogP contribution in [0.3, 0.4) is 0 Å². The van der Waals surface area contributed by atoms with E-state index >= 15 is 0 Å². The van der Waals surface area contributed by atoms with Gasteiger partial charge in [-0.15, -0.1) is 6.58 Å². The Bertz CT molecular complexity index is 1060. The van der Waals surface area contributed by atoms with Crippen LogP contribution < -0.4 is 0 Å². The average Bonchev–Trinajstić information content (AvgIpc) is 2.74. The molecule has 1 amide bonds. The van der Waals surface area contributed by atoms with Gasteiger partial charge in [-0.2, -0.15) is 9.57 Å². The molecule has 2 rings (SSSR count). The van der Waals surface area contributed by atoms with Crippen LogP contribution in [0, 0.1) is 11.3 Å². The van der Waals surface area contributed by atoms with Crippen molar-refractivity contribution in [1.29, 1.82) is 5.26 Å². The quantitative estimate of drug-likeness (QED) is 0.545. The highest BCUT2D eigenvalue weighted by Crippen LogP contribution is 2.26. The van der Waals surface area contributed by atoms with Gasteiger partial charge in [0.2, 0.25) is 10.0 Å². The minimum Gasteiger partial charge on any atom is -0.331 e. The molecule has 0 aliphatic carbocycles. The Kier molecular flexibility index (Phi) is 8.18. The molecule has 6 nitrogen and oxygen atoms in total. The summed E-state index contributed by atoms with van der Waals surface area (Å²) < 4.78 is 27.1. The second-order valence-electron chi connectivity index (χ2n) is 6.52. The summed E-state index contributed by atoms with van der Waals surface area (Å²) >= 11 is 6.17. The minimum absolute atomic E-state index is 0.0702. The van der Waals surface area contributed by atoms with Crippen molar-refractivity contribution in [2.45, 2.75) is 25.3 Å². The number of rotatable bonds is 9. The van der Waals surface area contributed by atoms with Crippen LogP contribution in [0.1, 0.15) is 35.3 Å². The second-order valence-corrected chi connectivity index (χ2v) is 8.83. The fourth-order valence-corrected chi connectivity index (χ4v) is 4.96. The van der Waals surface area contributed by atoms with Crippen LogP contribution in [-0.2, 0) is 16.6 Å². The van der Waals surface area contributed by atoms with Crippen LogP contribution in [0.5, 0.6) is 0 Å². The van der Waals surface area contributed by atoms with E-state index in [-0.39, 0.29) is 34.5 Å². The standard InChI is InChI=1S/C22H24ClN3O3S/c1-4-13-25(16-18-9-7-17(15-24)8-10-18)22(27)19-11-12-20(23)21(14-19)30(28,29)26(5-2)6-3/h4,7-12,14H,1,5-6,13,16H2,2-3H3. The number of hydrogen-bond donors (Lipinski definition) is 0. The van der Waals surface area contributed by atoms with Crippen LogP contribution in [0.25, 0.3) is 0 Å². The van der Waals surface area contributed by atoms with Crippen molar-refractivity contribution >= 4 is 27.5 Å². The van der Waals surface area contributed by atoms with Crippen molar-refractivity contribution in [3.63, 3.8) is 0 Å². The molecule has 30 heavy (non-hydrogen) atoms. The summed E-state index contributed by atoms with van der Waals surface area (Å²) in [5.41, 5.74) is 1.60. The van der Waals surface area contributed by atoms with E-state index in [1.165, 1.54) is 22.5 Å². The van der Waals surface area contributed by atoms with Crippen LogP contribution in [0.15, 0.2) is 60.0 Å². The lowest BCUT2D eigenvalue weighted by Gasteiger charge is -2.23. The molecule has 8 heteroatoms. The van der Waals surface area contributed by atoms with Gasteiger partial charge in [-0.3, -0.25) is 4.79 Å². The van der Waals surface area contributed by atoms with Crippen molar-refractivity contribution in [3.05, 3.63) is 76.8 Å². The van der Waals surface area contributed by atoms with Crippen molar-refractivity contribution in [2.75, 3.05) is 19.6 Å². The van der Waals surface area contributed by atoms with Crippen molar-refractivity contribution in [1.82, 2.24) is 9.21 Å². The maximum Gasteiger partial charge on any atom is 0.254 e. The molecule has 0 aliphatic heterocycles. The third kappa shape index (κ3) is 5.28. The number of halogens is 1. The molecular weight excluding hydrogens is 422 g/mol. The number of benzene rings is 2. The molecule has 0 heterocycles. The van der Waals surface area contributed by atoms with E-state index in [9.17, 15) is 13.2 Å². The first kappa shape index (κ1) is 23.6. The number of carbonyl (C=O) groups is 1. The van der Waals surface area contributed by atoms with E-state index < -0.39 is 10.0 Å². The van der Waals surface area contributed by atoms with Gasteiger partial charge in [-0.25, -0.2) is 8.42 Å². The zero-order valence-corrected chi connectivity index (χ0v) is 18.6. The van der Waals surface area contributed by atoms with Crippen LogP contribution in [0.2, 0.25) is 5.02 Å². The highest BCUT2D eigenvalue weighted by molar-refractivity contribution is 7.89. The first-order chi connectivity index (χ1) is 14.3. The molecule has 0 bridgehead atoms. The molecule has 0 unspecified atom stereocenters. The van der Waals surface area contributed by atoms with E-state index in [4.69, 9.17) is 16.9 Å². The van der Waals surface area contributed by atoms with E-state index in [1.54, 1.807) is 49.1 Å². The third-order valence-corrected chi connectivity index (χ3v) is 7.13. The van der Waals surface area contributed by atoms with Crippen LogP contribution >= 0.6 is 11.6 Å². The average molecular weight is 446 g/mol. The summed E-state index contributed by atoms with van der Waals surface area (Å²) in [5, 5.41) is 9.00. The number of nitrogens with zero attached hydrogens (tertiary/aromatic N) is 3. The molecule has 0 fully saturated rings. The van der Waals surface area contributed by atoms with Gasteiger partial charge in [0.25, 0.3) is 5.91 Å². The molecule has 0 N–H and O–H groups in total. The van der Waals surface area contributed by atoms with Crippen molar-refractivity contribution < 1.29 is 13.2 Å². The zero-order valence-electron chi connectivity index (χ0n) is 17.0. The van der Waals surface area contributed by atoms with Crippen molar-refractivity contribution in [2.24, 2.45) is 0 Å². The minimum atomic E-state index is -3.81. The fraction of sp³-hybridized carbons (Fsp3) is 0.273. The Hall–Kier alpha value is -2.66. The molecule has 0 aromatic heterocycles. The van der Waals surface area contributed by atoms with Gasteiger partial charge < -0.3 is 4.90 Å². The van der Waals surface area contributed by atoms with E-state index in [0.717, 1.165) is 5.56 Å². The second kappa shape index (κ2) is 10.4. The van der Waals surface area contributed by atoms with Gasteiger partial charge in [-0.05, 0) is 35.9 Å². The monoisotopic (exact) mass is 445 g/mol. The summed E-state index contributed by atoms with van der Waals surface area (Å²) in [6, 6.07) is 13.2. The molecular formula is C22H24ClN3O3S. The SMILES string of the molecule is C=CCN(Cc1ccc(C#N)cc1)C(=O)c1ccc(Cl)c(S(=O)(=O)N(CC)CC)c1. The Morgan fingerprint density at radius 2 is 1.80 bits per heavy atom. The van der Waals surface area contributed by atoms with Crippen LogP contribution in [0.4, 0.5) is 0 Å². The maximum absolute atomic E-state index is 13.1. The molecule has 2 aromatic rings. The zero-order chi connectivity index (χ0) is 22.3. The normalized spacial score (nSPS) is 11.2. The molecule has 158 valence electrons. The highest BCUT2D eigenvalue weighted by Gasteiger charge is 2.26. The predicted molar refractivity (Wildman–Crippen MR) is 118 cm³/mol. The number of sulfonamides is 1. The first-order valence-corrected chi connectivity index (χ1v) is 11.3. The molecule has 0 saturated heterocycles. The lowest BCUT2D eigenvalue weighted by molar-refractivity contribution is 0.0762. The third-order valence-electron chi connectivity index (χ3n) is 4.59. The molecule has 0 spiro atoms. The Labute approximate surface area is 183 Å². The van der Waals surface area contributed by atoms with E-state index in [0.29, 0.717) is 18.7 Å². The number of carbonyl (C=O) groups excluding carboxylic acids is 1. The van der Waals surface area contributed by atoms with Gasteiger partial charge in [-0.1, -0.05) is 43.7 Å². The highest BCUT2D eigenvalue weighted by atomic mass is 35.5. The molecule has 0 atom stereocenters. The number of amides is 1. The molecule has 2 aromatic carbocycles. The Morgan fingerprint density at radius 1 is 1.17 bits per heavy atom. The molecule has 0 aliphatic rings. The Balaban J connectivity index is 2.39. The lowest BCUT2D eigenvalue weighted by Crippen LogP contribution is -2.32. The summed E-state index contributed by atoms with van der Waals surface area (Å²) in [5.74, 6) is -0.341. The van der Waals surface area contributed by atoms with Gasteiger partial charge in [0.1, 0.15) is 4.90 Å². The molecule has 0 saturated carbocycles. The molecule has 0 radical (unpaired) electrons. The largest absolute Gasteiger partial charge is 0.331 e. The topological polar surface area (TPSA) is 81.5 Å². The van der Waals surface area contributed by atoms with Crippen molar-refractivity contribution in [3.8, 4) is 6.07 Å². The number of hydrogen-bond acceptors (Lipinski definition) is 4. The summed E-state index contributed by atoms with van der Waals surface area (Å²) in [7, 11) is -3.81. The maximum atomic E-state index is 13.1. The van der Waals surface area contributed by atoms with Crippen LogP contribution in [-0.4, -0.2) is 43.2 Å². The van der Waals surface area contributed by atoms with Gasteiger partial charge in [0.15, 0.2) is 0 Å². The van der Waals surface area contributed by atoms with Gasteiger partial charge in [0.05, 0.1) is 16.7 Å². The van der Waals surface area contributed by atoms with Gasteiger partial charge >= 0.3 is 0 Å². The first-order valence-electron chi connectivity index (χ1n) is 9.47. The fourth-order valence-electron chi connectivity index (χ4n) is 3.00. The Morgan fingerprint density at radius 3 is 2.33 bits per heavy atom. The predicted octanol–water partition coefficient (Wildman–Crippen LogP) is 4.07. The summed E-state index contributed by atoms with van der Waals surface area (Å²) in [4.78, 5) is 14.6.